The Balaban J connectivity index is 1.80. The van der Waals surface area contributed by atoms with Crippen LogP contribution in [0.2, 0.25) is 0 Å². The number of hydrogen-bond acceptors (Lipinski definition) is 4. The monoisotopic (exact) mass is 417 g/mol. The van der Waals surface area contributed by atoms with Gasteiger partial charge in [0.15, 0.2) is 11.3 Å². The third-order valence-corrected chi connectivity index (χ3v) is 3.25. The second-order valence-electron chi connectivity index (χ2n) is 4.71. The summed E-state index contributed by atoms with van der Waals surface area (Å²) in [6, 6.07) is 7.15. The Morgan fingerprint density at radius 1 is 1.16 bits per heavy atom. The summed E-state index contributed by atoms with van der Waals surface area (Å²) < 4.78 is 47.6. The van der Waals surface area contributed by atoms with Crippen molar-refractivity contribution in [2.45, 2.75) is 6.18 Å². The van der Waals surface area contributed by atoms with Crippen LogP contribution in [-0.2, 0) is 20.5 Å². The molecule has 0 saturated carbocycles. The van der Waals surface area contributed by atoms with Gasteiger partial charge >= 0.3 is 12.1 Å². The summed E-state index contributed by atoms with van der Waals surface area (Å²) in [6.07, 6.45) is -2.01. The lowest BCUT2D eigenvalue weighted by Gasteiger charge is -2.08. The summed E-state index contributed by atoms with van der Waals surface area (Å²) in [6.45, 7) is -0.577. The minimum Gasteiger partial charge on any atom is -0.452 e. The Morgan fingerprint density at radius 2 is 1.84 bits per heavy atom. The van der Waals surface area contributed by atoms with Crippen LogP contribution >= 0.6 is 15.9 Å². The van der Waals surface area contributed by atoms with Crippen molar-refractivity contribution in [3.8, 4) is 0 Å². The quantitative estimate of drug-likeness (QED) is 0.582. The average molecular weight is 418 g/mol. The first-order chi connectivity index (χ1) is 11.7. The third-order valence-electron chi connectivity index (χ3n) is 2.82. The van der Waals surface area contributed by atoms with Crippen LogP contribution in [0.25, 0.3) is 6.08 Å². The van der Waals surface area contributed by atoms with E-state index < -0.39 is 30.2 Å². The molecule has 2 aromatic rings. The number of carbonyl (C=O) groups is 2. The first kappa shape index (κ1) is 18.8. The fourth-order valence-corrected chi connectivity index (χ4v) is 2.01. The Bertz CT molecular complexity index is 781. The van der Waals surface area contributed by atoms with Crippen LogP contribution in [0.1, 0.15) is 11.3 Å². The Morgan fingerprint density at radius 3 is 2.40 bits per heavy atom. The van der Waals surface area contributed by atoms with Gasteiger partial charge in [-0.15, -0.1) is 0 Å². The lowest BCUT2D eigenvalue weighted by Crippen LogP contribution is -2.20. The van der Waals surface area contributed by atoms with Gasteiger partial charge in [-0.2, -0.15) is 13.2 Å². The van der Waals surface area contributed by atoms with Gasteiger partial charge in [0.1, 0.15) is 5.76 Å². The molecular formula is C16H11BrF3NO4. The summed E-state index contributed by atoms with van der Waals surface area (Å²) in [4.78, 5) is 23.1. The highest BCUT2D eigenvalue weighted by atomic mass is 79.9. The largest absolute Gasteiger partial charge is 0.452 e. The van der Waals surface area contributed by atoms with E-state index >= 15 is 0 Å². The number of rotatable bonds is 5. The normalized spacial score (nSPS) is 11.5. The molecule has 0 aliphatic heterocycles. The molecule has 0 aliphatic carbocycles. The molecular weight excluding hydrogens is 407 g/mol. The van der Waals surface area contributed by atoms with Gasteiger partial charge < -0.3 is 14.5 Å². The van der Waals surface area contributed by atoms with Gasteiger partial charge in [0, 0.05) is 11.8 Å². The molecule has 2 rings (SSSR count). The van der Waals surface area contributed by atoms with Crippen molar-refractivity contribution in [2.24, 2.45) is 0 Å². The predicted molar refractivity (Wildman–Crippen MR) is 86.5 cm³/mol. The average Bonchev–Trinajstić information content (AvgIpc) is 2.96. The van der Waals surface area contributed by atoms with E-state index in [1.165, 1.54) is 6.08 Å². The van der Waals surface area contributed by atoms with E-state index in [4.69, 9.17) is 9.15 Å². The van der Waals surface area contributed by atoms with Crippen LogP contribution < -0.4 is 5.32 Å². The molecule has 5 nitrogen and oxygen atoms in total. The molecule has 0 spiro atoms. The van der Waals surface area contributed by atoms with Crippen LogP contribution in [0.4, 0.5) is 18.9 Å². The fourth-order valence-electron chi connectivity index (χ4n) is 1.69. The number of nitrogens with one attached hydrogen (secondary N) is 1. The maximum atomic E-state index is 12.4. The second kappa shape index (κ2) is 8.02. The van der Waals surface area contributed by atoms with Gasteiger partial charge in [-0.05, 0) is 58.4 Å². The summed E-state index contributed by atoms with van der Waals surface area (Å²) in [5.74, 6) is -1.03. The van der Waals surface area contributed by atoms with E-state index in [2.05, 4.69) is 21.2 Å². The van der Waals surface area contributed by atoms with E-state index in [9.17, 15) is 22.8 Å². The highest BCUT2D eigenvalue weighted by molar-refractivity contribution is 9.10. The van der Waals surface area contributed by atoms with Crippen LogP contribution in [0.3, 0.4) is 0 Å². The zero-order valence-electron chi connectivity index (χ0n) is 12.5. The molecule has 25 heavy (non-hydrogen) atoms. The first-order valence-corrected chi connectivity index (χ1v) is 7.60. The van der Waals surface area contributed by atoms with Crippen LogP contribution in [0.5, 0.6) is 0 Å². The topological polar surface area (TPSA) is 68.5 Å². The van der Waals surface area contributed by atoms with Gasteiger partial charge in [-0.1, -0.05) is 0 Å². The van der Waals surface area contributed by atoms with Gasteiger partial charge in [0.2, 0.25) is 0 Å². The maximum Gasteiger partial charge on any atom is 0.416 e. The van der Waals surface area contributed by atoms with E-state index in [0.717, 1.165) is 30.3 Å². The Kier molecular flexibility index (Phi) is 6.02. The minimum absolute atomic E-state index is 0.157. The zero-order valence-corrected chi connectivity index (χ0v) is 14.1. The number of hydrogen-bond donors (Lipinski definition) is 1. The van der Waals surface area contributed by atoms with Gasteiger partial charge in [-0.25, -0.2) is 4.79 Å². The van der Waals surface area contributed by atoms with Crippen LogP contribution in [0.15, 0.2) is 51.6 Å². The van der Waals surface area contributed by atoms with Crippen molar-refractivity contribution < 1.29 is 31.9 Å². The standard InChI is InChI=1S/C16H11BrF3NO4/c17-13-7-5-12(25-13)6-8-15(23)24-9-14(22)21-11-3-1-10(2-4-11)16(18,19)20/h1-8H,9H2,(H,21,22)/b8-6+. The molecule has 9 heteroatoms. The number of amides is 1. The number of halogens is 4. The second-order valence-corrected chi connectivity index (χ2v) is 5.49. The molecule has 1 aromatic heterocycles. The Hall–Kier alpha value is -2.55. The molecule has 0 radical (unpaired) electrons. The van der Waals surface area contributed by atoms with Gasteiger partial charge in [-0.3, -0.25) is 4.79 Å². The number of carbonyl (C=O) groups excluding carboxylic acids is 2. The van der Waals surface area contributed by atoms with E-state index in [-0.39, 0.29) is 5.69 Å². The summed E-state index contributed by atoms with van der Waals surface area (Å²) in [5.41, 5.74) is -0.670. The van der Waals surface area contributed by atoms with E-state index in [0.29, 0.717) is 10.4 Å². The molecule has 0 aliphatic rings. The highest BCUT2D eigenvalue weighted by Gasteiger charge is 2.29. The molecule has 0 bridgehead atoms. The molecule has 132 valence electrons. The molecule has 1 N–H and O–H groups in total. The van der Waals surface area contributed by atoms with Gasteiger partial charge in [0.05, 0.1) is 5.56 Å². The lowest BCUT2D eigenvalue weighted by molar-refractivity contribution is -0.142. The highest BCUT2D eigenvalue weighted by Crippen LogP contribution is 2.29. The zero-order chi connectivity index (χ0) is 18.4. The van der Waals surface area contributed by atoms with E-state index in [1.54, 1.807) is 12.1 Å². The molecule has 0 fully saturated rings. The first-order valence-electron chi connectivity index (χ1n) is 6.81. The molecule has 0 unspecified atom stereocenters. The summed E-state index contributed by atoms with van der Waals surface area (Å²) in [7, 11) is 0. The number of ether oxygens (including phenoxy) is 1. The minimum atomic E-state index is -4.45. The molecule has 1 aromatic carbocycles. The predicted octanol–water partition coefficient (Wildman–Crippen LogP) is 4.26. The third kappa shape index (κ3) is 6.11. The van der Waals surface area contributed by atoms with Crippen LogP contribution in [-0.4, -0.2) is 18.5 Å². The van der Waals surface area contributed by atoms with Crippen molar-refractivity contribution in [3.05, 3.63) is 58.5 Å². The lowest BCUT2D eigenvalue weighted by atomic mass is 10.2. The maximum absolute atomic E-state index is 12.4. The smallest absolute Gasteiger partial charge is 0.416 e. The SMILES string of the molecule is O=C(COC(=O)/C=C/c1ccc(Br)o1)Nc1ccc(C(F)(F)F)cc1. The number of alkyl halides is 3. The van der Waals surface area contributed by atoms with Crippen molar-refractivity contribution in [1.29, 1.82) is 0 Å². The molecule has 1 amide bonds. The van der Waals surface area contributed by atoms with Crippen molar-refractivity contribution in [1.82, 2.24) is 0 Å². The summed E-state index contributed by atoms with van der Waals surface area (Å²) >= 11 is 3.10. The molecule has 1 heterocycles. The molecule has 0 saturated heterocycles. The van der Waals surface area contributed by atoms with Crippen molar-refractivity contribution in [2.75, 3.05) is 11.9 Å². The number of benzene rings is 1. The van der Waals surface area contributed by atoms with Gasteiger partial charge in [0.25, 0.3) is 5.91 Å². The fraction of sp³-hybridized carbons (Fsp3) is 0.125. The van der Waals surface area contributed by atoms with E-state index in [1.807, 2.05) is 0 Å². The van der Waals surface area contributed by atoms with Crippen molar-refractivity contribution in [3.63, 3.8) is 0 Å². The van der Waals surface area contributed by atoms with Crippen LogP contribution in [0, 0.1) is 0 Å². The number of anilines is 1. The Labute approximate surface area is 148 Å². The number of esters is 1. The number of furan rings is 1. The summed E-state index contributed by atoms with van der Waals surface area (Å²) in [5, 5.41) is 2.32. The van der Waals surface area contributed by atoms with Crippen molar-refractivity contribution >= 4 is 39.6 Å². The molecule has 0 atom stereocenters.